The van der Waals surface area contributed by atoms with Gasteiger partial charge in [0.05, 0.1) is 11.3 Å². The third-order valence-corrected chi connectivity index (χ3v) is 4.88. The molecule has 0 saturated carbocycles. The fourth-order valence-corrected chi connectivity index (χ4v) is 3.47. The number of benzene rings is 2. The van der Waals surface area contributed by atoms with Gasteiger partial charge >= 0.3 is 0 Å². The van der Waals surface area contributed by atoms with Crippen LogP contribution in [0.5, 0.6) is 0 Å². The summed E-state index contributed by atoms with van der Waals surface area (Å²) < 4.78 is 0. The summed E-state index contributed by atoms with van der Waals surface area (Å²) >= 11 is 0. The second-order valence-electron chi connectivity index (χ2n) is 6.76. The molecule has 4 nitrogen and oxygen atoms in total. The number of hydrogen-bond acceptors (Lipinski definition) is 3. The van der Waals surface area contributed by atoms with E-state index in [2.05, 4.69) is 36.3 Å². The van der Waals surface area contributed by atoms with Crippen molar-refractivity contribution < 1.29 is 4.79 Å². The first-order chi connectivity index (χ1) is 12.6. The molecular formula is C22H21N3O. The summed E-state index contributed by atoms with van der Waals surface area (Å²) in [6, 6.07) is 17.9. The number of aromatic nitrogens is 1. The number of fused-ring (bicyclic) bond motifs is 1. The Labute approximate surface area is 153 Å². The molecule has 26 heavy (non-hydrogen) atoms. The van der Waals surface area contributed by atoms with Crippen LogP contribution in [-0.2, 0) is 0 Å². The summed E-state index contributed by atoms with van der Waals surface area (Å²) in [4.78, 5) is 19.4. The van der Waals surface area contributed by atoms with Gasteiger partial charge in [0.25, 0.3) is 5.91 Å². The molecule has 1 aliphatic rings. The topological polar surface area (TPSA) is 45.2 Å². The first kappa shape index (κ1) is 16.3. The number of nitrogens with zero attached hydrogens (tertiary/aromatic N) is 2. The van der Waals surface area contributed by atoms with Crippen molar-refractivity contribution in [2.75, 3.05) is 10.2 Å². The van der Waals surface area contributed by atoms with Crippen LogP contribution < -0.4 is 10.2 Å². The van der Waals surface area contributed by atoms with Gasteiger partial charge in [-0.2, -0.15) is 0 Å². The van der Waals surface area contributed by atoms with Gasteiger partial charge in [0.15, 0.2) is 6.17 Å². The smallest absolute Gasteiger partial charge is 0.262 e. The Kier molecular flexibility index (Phi) is 3.96. The second-order valence-corrected chi connectivity index (χ2v) is 6.76. The van der Waals surface area contributed by atoms with E-state index in [1.807, 2.05) is 49.4 Å². The highest BCUT2D eigenvalue weighted by atomic mass is 16.2. The van der Waals surface area contributed by atoms with E-state index in [0.29, 0.717) is 5.56 Å². The molecule has 1 aromatic heterocycles. The second kappa shape index (κ2) is 6.30. The van der Waals surface area contributed by atoms with Gasteiger partial charge in [-0.25, -0.2) is 0 Å². The molecule has 2 heterocycles. The van der Waals surface area contributed by atoms with Gasteiger partial charge in [-0.1, -0.05) is 35.9 Å². The summed E-state index contributed by atoms with van der Waals surface area (Å²) in [5.74, 6) is -0.0271. The number of para-hydroxylation sites is 1. The number of aryl methyl sites for hydroxylation is 3. The molecule has 1 aliphatic heterocycles. The van der Waals surface area contributed by atoms with Crippen LogP contribution in [0, 0.1) is 20.8 Å². The van der Waals surface area contributed by atoms with E-state index in [1.54, 1.807) is 11.1 Å². The average molecular weight is 343 g/mol. The SMILES string of the molecule is Cc1ccc(N2C(=O)c3cccnc3[C@H]2Nc2c(C)cccc2C)cc1. The summed E-state index contributed by atoms with van der Waals surface area (Å²) in [5, 5.41) is 3.57. The lowest BCUT2D eigenvalue weighted by Gasteiger charge is -2.28. The monoisotopic (exact) mass is 343 g/mol. The van der Waals surface area contributed by atoms with Crippen LogP contribution in [0.2, 0.25) is 0 Å². The molecule has 0 saturated heterocycles. The highest BCUT2D eigenvalue weighted by Gasteiger charge is 2.39. The molecular weight excluding hydrogens is 322 g/mol. The van der Waals surface area contributed by atoms with Crippen LogP contribution in [0.4, 0.5) is 11.4 Å². The van der Waals surface area contributed by atoms with Gasteiger partial charge in [0, 0.05) is 17.6 Å². The number of anilines is 2. The van der Waals surface area contributed by atoms with Crippen LogP contribution in [0.15, 0.2) is 60.8 Å². The Morgan fingerprint density at radius 3 is 2.31 bits per heavy atom. The minimum atomic E-state index is -0.332. The highest BCUT2D eigenvalue weighted by Crippen LogP contribution is 2.38. The molecule has 130 valence electrons. The van der Waals surface area contributed by atoms with E-state index >= 15 is 0 Å². The zero-order valence-corrected chi connectivity index (χ0v) is 15.2. The summed E-state index contributed by atoms with van der Waals surface area (Å²) in [6.45, 7) is 6.18. The predicted molar refractivity (Wildman–Crippen MR) is 105 cm³/mol. The van der Waals surface area contributed by atoms with Gasteiger partial charge in [-0.05, 0) is 56.2 Å². The molecule has 1 amide bonds. The fraction of sp³-hybridized carbons (Fsp3) is 0.182. The summed E-state index contributed by atoms with van der Waals surface area (Å²) in [6.07, 6.45) is 1.41. The summed E-state index contributed by atoms with van der Waals surface area (Å²) in [7, 11) is 0. The van der Waals surface area contributed by atoms with E-state index in [4.69, 9.17) is 0 Å². The Hall–Kier alpha value is -3.14. The van der Waals surface area contributed by atoms with Crippen molar-refractivity contribution in [3.63, 3.8) is 0 Å². The number of rotatable bonds is 3. The zero-order valence-electron chi connectivity index (χ0n) is 15.2. The maximum Gasteiger partial charge on any atom is 0.262 e. The predicted octanol–water partition coefficient (Wildman–Crippen LogP) is 4.78. The van der Waals surface area contributed by atoms with E-state index in [9.17, 15) is 4.79 Å². The molecule has 1 N–H and O–H groups in total. The zero-order chi connectivity index (χ0) is 18.3. The molecule has 0 spiro atoms. The maximum atomic E-state index is 13.1. The maximum absolute atomic E-state index is 13.1. The molecule has 0 unspecified atom stereocenters. The fourth-order valence-electron chi connectivity index (χ4n) is 3.47. The Morgan fingerprint density at radius 1 is 0.923 bits per heavy atom. The van der Waals surface area contributed by atoms with Gasteiger partial charge in [0.1, 0.15) is 0 Å². The molecule has 0 aliphatic carbocycles. The van der Waals surface area contributed by atoms with E-state index in [-0.39, 0.29) is 12.1 Å². The average Bonchev–Trinajstić information content (AvgIpc) is 2.92. The van der Waals surface area contributed by atoms with Gasteiger partial charge in [-0.3, -0.25) is 14.7 Å². The normalized spacial score (nSPS) is 15.9. The number of carbonyl (C=O) groups is 1. The van der Waals surface area contributed by atoms with Crippen LogP contribution >= 0.6 is 0 Å². The van der Waals surface area contributed by atoms with Crippen LogP contribution in [0.25, 0.3) is 0 Å². The molecule has 4 heteroatoms. The lowest BCUT2D eigenvalue weighted by molar-refractivity contribution is 0.0993. The van der Waals surface area contributed by atoms with Crippen molar-refractivity contribution in [3.8, 4) is 0 Å². The highest BCUT2D eigenvalue weighted by molar-refractivity contribution is 6.11. The molecule has 0 bridgehead atoms. The molecule has 1 atom stereocenters. The lowest BCUT2D eigenvalue weighted by atomic mass is 10.1. The minimum absolute atomic E-state index is 0.0271. The van der Waals surface area contributed by atoms with E-state index in [0.717, 1.165) is 33.8 Å². The first-order valence-electron chi connectivity index (χ1n) is 8.74. The van der Waals surface area contributed by atoms with Crippen LogP contribution in [0.3, 0.4) is 0 Å². The van der Waals surface area contributed by atoms with Crippen molar-refractivity contribution in [1.29, 1.82) is 0 Å². The molecule has 0 fully saturated rings. The minimum Gasteiger partial charge on any atom is -0.359 e. The first-order valence-corrected chi connectivity index (χ1v) is 8.74. The van der Waals surface area contributed by atoms with Crippen molar-refractivity contribution >= 4 is 17.3 Å². The quantitative estimate of drug-likeness (QED) is 0.744. The van der Waals surface area contributed by atoms with Crippen molar-refractivity contribution in [2.24, 2.45) is 0 Å². The number of carbonyl (C=O) groups excluding carboxylic acids is 1. The number of hydrogen-bond donors (Lipinski definition) is 1. The van der Waals surface area contributed by atoms with Gasteiger partial charge in [-0.15, -0.1) is 0 Å². The third kappa shape index (κ3) is 2.64. The van der Waals surface area contributed by atoms with Crippen LogP contribution in [0.1, 0.15) is 38.9 Å². The van der Waals surface area contributed by atoms with Gasteiger partial charge < -0.3 is 5.32 Å². The Morgan fingerprint density at radius 2 is 1.62 bits per heavy atom. The largest absolute Gasteiger partial charge is 0.359 e. The van der Waals surface area contributed by atoms with Crippen molar-refractivity contribution in [1.82, 2.24) is 4.98 Å². The van der Waals surface area contributed by atoms with E-state index < -0.39 is 0 Å². The number of pyridine rings is 1. The number of nitrogens with one attached hydrogen (secondary N) is 1. The Balaban J connectivity index is 1.82. The molecule has 0 radical (unpaired) electrons. The van der Waals surface area contributed by atoms with Crippen molar-refractivity contribution in [2.45, 2.75) is 26.9 Å². The van der Waals surface area contributed by atoms with E-state index in [1.165, 1.54) is 0 Å². The standard InChI is InChI=1S/C22H21N3O/c1-14-9-11-17(12-10-14)25-21(20-18(22(25)26)8-5-13-23-20)24-19-15(2)6-4-7-16(19)3/h4-13,21,24H,1-3H3/t21-/m0/s1. The lowest BCUT2D eigenvalue weighted by Crippen LogP contribution is -2.32. The van der Waals surface area contributed by atoms with Crippen LogP contribution in [-0.4, -0.2) is 10.9 Å². The molecule has 4 rings (SSSR count). The number of amides is 1. The summed E-state index contributed by atoms with van der Waals surface area (Å²) in [5.41, 5.74) is 6.77. The third-order valence-electron chi connectivity index (χ3n) is 4.88. The molecule has 2 aromatic carbocycles. The van der Waals surface area contributed by atoms with Gasteiger partial charge in [0.2, 0.25) is 0 Å². The van der Waals surface area contributed by atoms with Crippen molar-refractivity contribution in [3.05, 3.63) is 88.7 Å². The molecule has 3 aromatic rings. The Bertz CT molecular complexity index is 959.